The van der Waals surface area contributed by atoms with Crippen LogP contribution in [0.2, 0.25) is 0 Å². The first-order valence-electron chi connectivity index (χ1n) is 11.9. The summed E-state index contributed by atoms with van der Waals surface area (Å²) in [6, 6.07) is 14.4. The van der Waals surface area contributed by atoms with Crippen LogP contribution in [0.25, 0.3) is 11.1 Å². The number of nitrogens with zero attached hydrogens (tertiary/aromatic N) is 2. The molecule has 1 aromatic heterocycles. The number of nitrogens with one attached hydrogen (secondary N) is 1. The molecule has 3 aromatic rings. The number of carbonyl (C=O) groups is 1. The van der Waals surface area contributed by atoms with Crippen LogP contribution in [0.3, 0.4) is 0 Å². The van der Waals surface area contributed by atoms with Crippen LogP contribution >= 0.6 is 0 Å². The Morgan fingerprint density at radius 2 is 1.59 bits per heavy atom. The third kappa shape index (κ3) is 7.66. The Hall–Kier alpha value is -3.66. The van der Waals surface area contributed by atoms with Gasteiger partial charge in [-0.3, -0.25) is 0 Å². The average Bonchev–Trinajstić information content (AvgIpc) is 2.84. The van der Waals surface area contributed by atoms with Crippen molar-refractivity contribution in [2.24, 2.45) is 5.92 Å². The second kappa shape index (κ2) is 11.6. The van der Waals surface area contributed by atoms with E-state index in [9.17, 15) is 18.3 Å². The van der Waals surface area contributed by atoms with E-state index in [1.54, 1.807) is 0 Å². The Morgan fingerprint density at radius 3 is 2.19 bits per heavy atom. The van der Waals surface area contributed by atoms with Gasteiger partial charge in [0, 0.05) is 11.9 Å². The molecule has 0 bridgehead atoms. The van der Waals surface area contributed by atoms with Crippen LogP contribution in [-0.2, 0) is 11.8 Å². The second-order valence-corrected chi connectivity index (χ2v) is 9.32. The third-order valence-electron chi connectivity index (χ3n) is 6.48. The van der Waals surface area contributed by atoms with Crippen molar-refractivity contribution in [2.45, 2.75) is 57.7 Å². The Bertz CT molecular complexity index is 1200. The number of anilines is 2. The van der Waals surface area contributed by atoms with Gasteiger partial charge in [0.2, 0.25) is 5.95 Å². The zero-order valence-electron chi connectivity index (χ0n) is 20.6. The minimum absolute atomic E-state index is 0.111. The summed E-state index contributed by atoms with van der Waals surface area (Å²) in [5, 5.41) is 28.0. The maximum absolute atomic E-state index is 13.0. The number of halogens is 3. The molecular weight excluding hydrogens is 487 g/mol. The average molecular weight is 518 g/mol. The molecule has 0 spiro atoms. The Balaban J connectivity index is 0.000000886. The normalized spacial score (nSPS) is 15.7. The molecule has 1 saturated carbocycles. The second-order valence-electron chi connectivity index (χ2n) is 9.32. The highest BCUT2D eigenvalue weighted by atomic mass is 19.4. The van der Waals surface area contributed by atoms with E-state index in [-0.39, 0.29) is 11.9 Å². The van der Waals surface area contributed by atoms with Crippen LogP contribution in [0.1, 0.15) is 55.8 Å². The minimum atomic E-state index is -4.53. The van der Waals surface area contributed by atoms with Crippen molar-refractivity contribution in [1.82, 2.24) is 9.97 Å². The van der Waals surface area contributed by atoms with Crippen LogP contribution in [-0.4, -0.2) is 31.4 Å². The van der Waals surface area contributed by atoms with Gasteiger partial charge in [-0.25, -0.2) is 14.8 Å². The van der Waals surface area contributed by atoms with Gasteiger partial charge in [0.25, 0.3) is 0 Å². The molecule has 0 amide bonds. The standard InChI is InChI=1S/C26H28F3N3O.CH2O3/c1-17-14-19(16-22(15-17)31-24-30-13-12-23(32-24)26(27,28)29)18-8-10-21(11-9-18)25(2,33)20-6-4-3-5-7-20;2-1(3)4/h8-16,20,33H,3-7H2,1-2H3,(H,30,31,32);(H2,2,3,4). The molecule has 7 nitrogen and oxygen atoms in total. The summed E-state index contributed by atoms with van der Waals surface area (Å²) in [7, 11) is 0. The highest BCUT2D eigenvalue weighted by Gasteiger charge is 2.34. The molecule has 37 heavy (non-hydrogen) atoms. The van der Waals surface area contributed by atoms with Crippen LogP contribution in [0, 0.1) is 12.8 Å². The fraction of sp³-hybridized carbons (Fsp3) is 0.370. The number of alkyl halides is 3. The van der Waals surface area contributed by atoms with Gasteiger partial charge >= 0.3 is 12.3 Å². The highest BCUT2D eigenvalue weighted by Crippen LogP contribution is 2.39. The van der Waals surface area contributed by atoms with Crippen molar-refractivity contribution >= 4 is 17.8 Å². The number of aliphatic hydroxyl groups is 1. The molecule has 0 aliphatic heterocycles. The maximum atomic E-state index is 13.0. The summed E-state index contributed by atoms with van der Waals surface area (Å²) in [5.41, 5.74) is 2.46. The number of aryl methyl sites for hydroxylation is 1. The fourth-order valence-electron chi connectivity index (χ4n) is 4.63. The molecule has 1 heterocycles. The van der Waals surface area contributed by atoms with Gasteiger partial charge in [-0.2, -0.15) is 13.2 Å². The molecule has 0 radical (unpaired) electrons. The van der Waals surface area contributed by atoms with Crippen molar-refractivity contribution < 1.29 is 33.3 Å². The molecule has 1 atom stereocenters. The van der Waals surface area contributed by atoms with E-state index in [4.69, 9.17) is 15.0 Å². The first kappa shape index (κ1) is 27.9. The molecule has 1 aliphatic carbocycles. The van der Waals surface area contributed by atoms with Gasteiger partial charge < -0.3 is 20.6 Å². The summed E-state index contributed by atoms with van der Waals surface area (Å²) in [6.07, 6.45) is 0.365. The number of hydrogen-bond acceptors (Lipinski definition) is 5. The molecule has 1 fully saturated rings. The lowest BCUT2D eigenvalue weighted by Crippen LogP contribution is -2.33. The number of rotatable bonds is 5. The first-order valence-corrected chi connectivity index (χ1v) is 11.9. The monoisotopic (exact) mass is 517 g/mol. The van der Waals surface area contributed by atoms with Crippen molar-refractivity contribution in [3.63, 3.8) is 0 Å². The van der Waals surface area contributed by atoms with Crippen LogP contribution in [0.4, 0.5) is 29.6 Å². The van der Waals surface area contributed by atoms with Crippen molar-refractivity contribution in [1.29, 1.82) is 0 Å². The Morgan fingerprint density at radius 1 is 0.973 bits per heavy atom. The third-order valence-corrected chi connectivity index (χ3v) is 6.48. The summed E-state index contributed by atoms with van der Waals surface area (Å²) >= 11 is 0. The lowest BCUT2D eigenvalue weighted by molar-refractivity contribution is -0.141. The van der Waals surface area contributed by atoms with Crippen molar-refractivity contribution in [3.05, 3.63) is 71.5 Å². The minimum Gasteiger partial charge on any atom is -0.450 e. The quantitative estimate of drug-likeness (QED) is 0.282. The first-order chi connectivity index (χ1) is 17.4. The van der Waals surface area contributed by atoms with Gasteiger partial charge in [-0.15, -0.1) is 0 Å². The van der Waals surface area contributed by atoms with E-state index in [0.717, 1.165) is 60.2 Å². The lowest BCUT2D eigenvalue weighted by Gasteiger charge is -2.36. The van der Waals surface area contributed by atoms with E-state index in [1.807, 2.05) is 56.3 Å². The molecule has 1 aliphatic rings. The van der Waals surface area contributed by atoms with Gasteiger partial charge in [-0.1, -0.05) is 49.6 Å². The molecule has 4 rings (SSSR count). The largest absolute Gasteiger partial charge is 0.503 e. The highest BCUT2D eigenvalue weighted by molar-refractivity contribution is 5.71. The zero-order chi connectivity index (χ0) is 27.2. The maximum Gasteiger partial charge on any atom is 0.503 e. The van der Waals surface area contributed by atoms with Gasteiger partial charge in [0.15, 0.2) is 0 Å². The Labute approximate surface area is 213 Å². The van der Waals surface area contributed by atoms with E-state index < -0.39 is 23.6 Å². The van der Waals surface area contributed by atoms with Gasteiger partial charge in [0.1, 0.15) is 5.69 Å². The van der Waals surface area contributed by atoms with Crippen molar-refractivity contribution in [2.75, 3.05) is 5.32 Å². The van der Waals surface area contributed by atoms with Gasteiger partial charge in [-0.05, 0) is 73.1 Å². The van der Waals surface area contributed by atoms with Crippen LogP contribution in [0.15, 0.2) is 54.7 Å². The van der Waals surface area contributed by atoms with E-state index >= 15 is 0 Å². The fourth-order valence-corrected chi connectivity index (χ4v) is 4.63. The van der Waals surface area contributed by atoms with E-state index in [0.29, 0.717) is 5.69 Å². The number of benzene rings is 2. The molecule has 0 saturated heterocycles. The van der Waals surface area contributed by atoms with E-state index in [1.165, 1.54) is 6.42 Å². The predicted octanol–water partition coefficient (Wildman–Crippen LogP) is 7.22. The predicted molar refractivity (Wildman–Crippen MR) is 134 cm³/mol. The molecule has 198 valence electrons. The number of hydrogen-bond donors (Lipinski definition) is 4. The van der Waals surface area contributed by atoms with E-state index in [2.05, 4.69) is 15.3 Å². The van der Waals surface area contributed by atoms with Crippen LogP contribution in [0.5, 0.6) is 0 Å². The summed E-state index contributed by atoms with van der Waals surface area (Å²) in [4.78, 5) is 16.0. The summed E-state index contributed by atoms with van der Waals surface area (Å²) < 4.78 is 38.9. The lowest BCUT2D eigenvalue weighted by atomic mass is 9.74. The smallest absolute Gasteiger partial charge is 0.450 e. The molecule has 1 unspecified atom stereocenters. The zero-order valence-corrected chi connectivity index (χ0v) is 20.6. The molecule has 4 N–H and O–H groups in total. The van der Waals surface area contributed by atoms with Crippen molar-refractivity contribution in [3.8, 4) is 11.1 Å². The molecule has 10 heteroatoms. The summed E-state index contributed by atoms with van der Waals surface area (Å²) in [5.74, 6) is 0.152. The SMILES string of the molecule is Cc1cc(Nc2nccc(C(F)(F)F)n2)cc(-c2ccc(C(C)(O)C3CCCCC3)cc2)c1.O=C(O)O. The molecule has 2 aromatic carbocycles. The molecular formula is C27H30F3N3O4. The van der Waals surface area contributed by atoms with Crippen LogP contribution < -0.4 is 5.32 Å². The van der Waals surface area contributed by atoms with Gasteiger partial charge in [0.05, 0.1) is 5.60 Å². The summed E-state index contributed by atoms with van der Waals surface area (Å²) in [6.45, 7) is 3.83. The Kier molecular flexibility index (Phi) is 8.75. The number of aromatic nitrogens is 2. The number of carboxylic acid groups (broad SMARTS) is 2. The topological polar surface area (TPSA) is 116 Å².